The molecule has 2 nitrogen and oxygen atoms in total. The van der Waals surface area contributed by atoms with Crippen molar-refractivity contribution in [3.63, 3.8) is 0 Å². The lowest BCUT2D eigenvalue weighted by atomic mass is 9.75. The molecule has 1 aliphatic heterocycles. The number of aryl methyl sites for hydroxylation is 1. The molecule has 112 valence electrons. The van der Waals surface area contributed by atoms with E-state index < -0.39 is 0 Å². The van der Waals surface area contributed by atoms with E-state index in [9.17, 15) is 0 Å². The first-order valence-corrected chi connectivity index (χ1v) is 9.16. The van der Waals surface area contributed by atoms with Crippen LogP contribution in [0.1, 0.15) is 54.8 Å². The Bertz CT molecular complexity index is 428. The van der Waals surface area contributed by atoms with Gasteiger partial charge in [0.1, 0.15) is 0 Å². The lowest BCUT2D eigenvalue weighted by Crippen LogP contribution is -2.45. The summed E-state index contributed by atoms with van der Waals surface area (Å²) in [7, 11) is 0. The molecule has 1 aromatic rings. The maximum atomic E-state index is 6.12. The van der Waals surface area contributed by atoms with Crippen molar-refractivity contribution in [2.45, 2.75) is 51.5 Å². The lowest BCUT2D eigenvalue weighted by molar-refractivity contribution is 0.0596. The highest BCUT2D eigenvalue weighted by atomic mass is 32.1. The van der Waals surface area contributed by atoms with Crippen LogP contribution in [0.5, 0.6) is 0 Å². The predicted molar refractivity (Wildman–Crippen MR) is 87.1 cm³/mol. The Kier molecular flexibility index (Phi) is 4.79. The number of nitrogens with two attached hydrogens (primary N) is 1. The Morgan fingerprint density at radius 3 is 2.75 bits per heavy atom. The molecule has 2 aliphatic rings. The van der Waals surface area contributed by atoms with E-state index >= 15 is 0 Å². The minimum Gasteiger partial charge on any atom is -0.329 e. The fraction of sp³-hybridized carbons (Fsp3) is 0.765. The second-order valence-electron chi connectivity index (χ2n) is 6.50. The molecular weight excluding hydrogens is 264 g/mol. The number of thiophene rings is 1. The van der Waals surface area contributed by atoms with E-state index in [-0.39, 0.29) is 0 Å². The van der Waals surface area contributed by atoms with Crippen LogP contribution in [0.3, 0.4) is 0 Å². The minimum absolute atomic E-state index is 0.461. The Hall–Kier alpha value is -0.380. The Balaban J connectivity index is 1.69. The van der Waals surface area contributed by atoms with E-state index in [0.29, 0.717) is 6.04 Å². The zero-order valence-corrected chi connectivity index (χ0v) is 13.5. The van der Waals surface area contributed by atoms with Crippen molar-refractivity contribution in [1.29, 1.82) is 0 Å². The first-order valence-electron chi connectivity index (χ1n) is 8.34. The van der Waals surface area contributed by atoms with Gasteiger partial charge in [0.15, 0.2) is 0 Å². The van der Waals surface area contributed by atoms with Crippen molar-refractivity contribution in [3.8, 4) is 0 Å². The molecule has 3 heteroatoms. The number of nitrogens with zero attached hydrogens (tertiary/aromatic N) is 1. The lowest BCUT2D eigenvalue weighted by Gasteiger charge is -2.44. The molecule has 3 unspecified atom stereocenters. The first kappa shape index (κ1) is 14.6. The van der Waals surface area contributed by atoms with Gasteiger partial charge in [-0.1, -0.05) is 26.2 Å². The van der Waals surface area contributed by atoms with Gasteiger partial charge in [-0.15, -0.1) is 11.3 Å². The molecule has 0 bridgehead atoms. The van der Waals surface area contributed by atoms with Gasteiger partial charge in [0.25, 0.3) is 0 Å². The second kappa shape index (κ2) is 6.59. The largest absolute Gasteiger partial charge is 0.329 e. The smallest absolute Gasteiger partial charge is 0.0564 e. The molecule has 3 atom stereocenters. The zero-order valence-electron chi connectivity index (χ0n) is 12.7. The van der Waals surface area contributed by atoms with Gasteiger partial charge in [-0.3, -0.25) is 4.90 Å². The van der Waals surface area contributed by atoms with Gasteiger partial charge in [-0.05, 0) is 49.8 Å². The van der Waals surface area contributed by atoms with Crippen LogP contribution < -0.4 is 5.73 Å². The average molecular weight is 292 g/mol. The molecule has 1 aromatic heterocycles. The van der Waals surface area contributed by atoms with Gasteiger partial charge in [0.05, 0.1) is 6.04 Å². The summed E-state index contributed by atoms with van der Waals surface area (Å²) in [5.74, 6) is 1.95. The highest BCUT2D eigenvalue weighted by Crippen LogP contribution is 2.39. The van der Waals surface area contributed by atoms with Crippen molar-refractivity contribution in [1.82, 2.24) is 4.90 Å². The third-order valence-corrected chi connectivity index (χ3v) is 6.68. The summed E-state index contributed by atoms with van der Waals surface area (Å²) in [6, 6.07) is 5.06. The van der Waals surface area contributed by atoms with E-state index in [4.69, 9.17) is 5.73 Å². The number of piperidine rings is 1. The van der Waals surface area contributed by atoms with Gasteiger partial charge >= 0.3 is 0 Å². The molecule has 1 saturated heterocycles. The molecular formula is C17H28N2S. The zero-order chi connectivity index (χ0) is 13.9. The van der Waals surface area contributed by atoms with Crippen LogP contribution in [0.25, 0.3) is 0 Å². The Morgan fingerprint density at radius 2 is 2.05 bits per heavy atom. The van der Waals surface area contributed by atoms with E-state index in [1.165, 1.54) is 54.9 Å². The number of likely N-dealkylation sites (tertiary alicyclic amines) is 1. The summed E-state index contributed by atoms with van der Waals surface area (Å²) in [6.07, 6.45) is 8.38. The van der Waals surface area contributed by atoms with E-state index in [1.54, 1.807) is 0 Å². The van der Waals surface area contributed by atoms with Crippen LogP contribution in [0, 0.1) is 11.8 Å². The normalized spacial score (nSPS) is 29.1. The van der Waals surface area contributed by atoms with Crippen LogP contribution in [0.15, 0.2) is 12.1 Å². The molecule has 3 rings (SSSR count). The molecule has 0 radical (unpaired) electrons. The van der Waals surface area contributed by atoms with Gasteiger partial charge in [0, 0.05) is 22.8 Å². The maximum absolute atomic E-state index is 6.12. The molecule has 2 heterocycles. The summed E-state index contributed by atoms with van der Waals surface area (Å²) >= 11 is 1.97. The fourth-order valence-electron chi connectivity index (χ4n) is 4.12. The topological polar surface area (TPSA) is 29.3 Å². The number of hydrogen-bond acceptors (Lipinski definition) is 3. The minimum atomic E-state index is 0.461. The van der Waals surface area contributed by atoms with Crippen LogP contribution >= 0.6 is 11.3 Å². The molecule has 0 aromatic carbocycles. The third kappa shape index (κ3) is 2.95. The molecule has 20 heavy (non-hydrogen) atoms. The van der Waals surface area contributed by atoms with E-state index in [2.05, 4.69) is 24.0 Å². The summed E-state index contributed by atoms with van der Waals surface area (Å²) in [4.78, 5) is 5.65. The van der Waals surface area contributed by atoms with Crippen molar-refractivity contribution in [2.75, 3.05) is 19.6 Å². The van der Waals surface area contributed by atoms with E-state index in [0.717, 1.165) is 24.8 Å². The monoisotopic (exact) mass is 292 g/mol. The van der Waals surface area contributed by atoms with Crippen molar-refractivity contribution >= 4 is 11.3 Å². The highest BCUT2D eigenvalue weighted by Gasteiger charge is 2.34. The number of fused-ring (bicyclic) bond motifs is 1. The molecule has 0 spiro atoms. The Morgan fingerprint density at radius 1 is 1.25 bits per heavy atom. The maximum Gasteiger partial charge on any atom is 0.0564 e. The number of hydrogen-bond donors (Lipinski definition) is 1. The summed E-state index contributed by atoms with van der Waals surface area (Å²) in [5.41, 5.74) is 6.12. The third-order valence-electron chi connectivity index (χ3n) is 5.35. The van der Waals surface area contributed by atoms with E-state index in [1.807, 2.05) is 11.3 Å². The molecule has 1 saturated carbocycles. The van der Waals surface area contributed by atoms with Crippen LogP contribution in [-0.4, -0.2) is 24.5 Å². The molecule has 1 aliphatic carbocycles. The molecule has 2 N–H and O–H groups in total. The van der Waals surface area contributed by atoms with Crippen LogP contribution in [0.4, 0.5) is 0 Å². The van der Waals surface area contributed by atoms with Crippen LogP contribution in [0.2, 0.25) is 0 Å². The van der Waals surface area contributed by atoms with Crippen molar-refractivity contribution in [3.05, 3.63) is 21.9 Å². The summed E-state index contributed by atoms with van der Waals surface area (Å²) in [6.45, 7) is 5.54. The predicted octanol–water partition coefficient (Wildman–Crippen LogP) is 3.82. The SMILES string of the molecule is CCc1ccc(C(CN)N2CCC3CCCCC3C2)s1. The first-order chi connectivity index (χ1) is 9.81. The highest BCUT2D eigenvalue weighted by molar-refractivity contribution is 7.12. The standard InChI is InChI=1S/C17H28N2S/c1-2-15-7-8-17(20-15)16(11-18)19-10-9-13-5-3-4-6-14(13)12-19/h7-8,13-14,16H,2-6,9-12,18H2,1H3. The van der Waals surface area contributed by atoms with Crippen molar-refractivity contribution in [2.24, 2.45) is 17.6 Å². The average Bonchev–Trinajstić information content (AvgIpc) is 2.97. The van der Waals surface area contributed by atoms with Gasteiger partial charge < -0.3 is 5.73 Å². The van der Waals surface area contributed by atoms with Crippen LogP contribution in [-0.2, 0) is 6.42 Å². The van der Waals surface area contributed by atoms with Crippen molar-refractivity contribution < 1.29 is 0 Å². The summed E-state index contributed by atoms with van der Waals surface area (Å²) < 4.78 is 0. The van der Waals surface area contributed by atoms with Gasteiger partial charge in [-0.25, -0.2) is 0 Å². The van der Waals surface area contributed by atoms with Gasteiger partial charge in [0.2, 0.25) is 0 Å². The summed E-state index contributed by atoms with van der Waals surface area (Å²) in [5, 5.41) is 0. The second-order valence-corrected chi connectivity index (χ2v) is 7.70. The van der Waals surface area contributed by atoms with Gasteiger partial charge in [-0.2, -0.15) is 0 Å². The number of rotatable bonds is 4. The fourth-order valence-corrected chi connectivity index (χ4v) is 5.22. The molecule has 2 fully saturated rings. The molecule has 0 amide bonds. The Labute approximate surface area is 127 Å². The quantitative estimate of drug-likeness (QED) is 0.914.